The highest BCUT2D eigenvalue weighted by Crippen LogP contribution is 2.35. The van der Waals surface area contributed by atoms with Crippen LogP contribution in [0.4, 0.5) is 10.5 Å². The number of hydrogen-bond acceptors (Lipinski definition) is 7. The zero-order valence-corrected chi connectivity index (χ0v) is 21.9. The molecule has 0 aliphatic carbocycles. The van der Waals surface area contributed by atoms with Crippen LogP contribution in [0, 0.1) is 17.4 Å². The van der Waals surface area contributed by atoms with Crippen LogP contribution in [0.25, 0.3) is 6.08 Å². The van der Waals surface area contributed by atoms with Gasteiger partial charge in [0.15, 0.2) is 18.1 Å². The van der Waals surface area contributed by atoms with Gasteiger partial charge in [-0.15, -0.1) is 0 Å². The predicted octanol–water partition coefficient (Wildman–Crippen LogP) is 3.92. The highest BCUT2D eigenvalue weighted by Gasteiger charge is 2.37. The molecule has 1 aliphatic rings. The number of benzene rings is 2. The van der Waals surface area contributed by atoms with Gasteiger partial charge in [-0.3, -0.25) is 14.9 Å². The molecule has 0 saturated carbocycles. The van der Waals surface area contributed by atoms with Crippen molar-refractivity contribution in [3.63, 3.8) is 0 Å². The summed E-state index contributed by atoms with van der Waals surface area (Å²) in [5.74, 6) is -1.37. The number of ether oxygens (including phenoxy) is 3. The molecule has 0 radical (unpaired) electrons. The van der Waals surface area contributed by atoms with Crippen LogP contribution in [0.15, 0.2) is 35.9 Å². The van der Waals surface area contributed by atoms with Crippen molar-refractivity contribution in [1.82, 2.24) is 5.32 Å². The number of carbonyl (C=O) groups is 4. The van der Waals surface area contributed by atoms with Crippen molar-refractivity contribution in [3.8, 4) is 11.5 Å². The average Bonchev–Trinajstić information content (AvgIpc) is 2.75. The Hall–Kier alpha value is -3.41. The lowest BCUT2D eigenvalue weighted by atomic mass is 10.0. The van der Waals surface area contributed by atoms with Crippen molar-refractivity contribution in [2.75, 3.05) is 24.7 Å². The van der Waals surface area contributed by atoms with E-state index in [0.717, 1.165) is 16.0 Å². The molecule has 0 spiro atoms. The van der Waals surface area contributed by atoms with E-state index in [9.17, 15) is 19.2 Å². The second kappa shape index (κ2) is 11.3. The molecule has 3 rings (SSSR count). The van der Waals surface area contributed by atoms with E-state index in [1.807, 2.05) is 42.5 Å². The summed E-state index contributed by atoms with van der Waals surface area (Å²) in [6.07, 6.45) is 1.39. The molecular weight excluding hydrogens is 567 g/mol. The Morgan fingerprint density at radius 1 is 1.00 bits per heavy atom. The largest absolute Gasteiger partial charge is 0.490 e. The maximum Gasteiger partial charge on any atom is 0.344 e. The number of rotatable bonds is 8. The highest BCUT2D eigenvalue weighted by atomic mass is 127. The number of urea groups is 1. The van der Waals surface area contributed by atoms with E-state index < -0.39 is 23.8 Å². The van der Waals surface area contributed by atoms with E-state index in [0.29, 0.717) is 32.9 Å². The van der Waals surface area contributed by atoms with Crippen LogP contribution < -0.4 is 19.7 Å². The Morgan fingerprint density at radius 2 is 1.69 bits per heavy atom. The Balaban J connectivity index is 1.98. The minimum atomic E-state index is -0.811. The first kappa shape index (κ1) is 26.2. The number of esters is 1. The SMILES string of the molecule is CCOC(=O)COc1c(I)cc(/C=C2\C(=O)NC(=O)N(c3cc(C)cc(C)c3)C2=O)cc1OCC. The molecule has 0 aromatic heterocycles. The van der Waals surface area contributed by atoms with E-state index >= 15 is 0 Å². The molecule has 1 heterocycles. The van der Waals surface area contributed by atoms with Crippen LogP contribution in [0.1, 0.15) is 30.5 Å². The van der Waals surface area contributed by atoms with Gasteiger partial charge in [-0.2, -0.15) is 0 Å². The number of halogens is 1. The lowest BCUT2D eigenvalue weighted by molar-refractivity contribution is -0.145. The van der Waals surface area contributed by atoms with Gasteiger partial charge in [-0.25, -0.2) is 14.5 Å². The van der Waals surface area contributed by atoms with Crippen molar-refractivity contribution in [2.45, 2.75) is 27.7 Å². The summed E-state index contributed by atoms with van der Waals surface area (Å²) in [5, 5.41) is 2.23. The van der Waals surface area contributed by atoms with Crippen LogP contribution in [0.3, 0.4) is 0 Å². The number of barbiturate groups is 1. The molecular formula is C25H25IN2O7. The molecule has 35 heavy (non-hydrogen) atoms. The fourth-order valence-electron chi connectivity index (χ4n) is 3.55. The van der Waals surface area contributed by atoms with Crippen molar-refractivity contribution < 1.29 is 33.4 Å². The van der Waals surface area contributed by atoms with Crippen molar-refractivity contribution in [3.05, 3.63) is 56.2 Å². The molecule has 1 fully saturated rings. The maximum atomic E-state index is 13.2. The van der Waals surface area contributed by atoms with E-state index in [1.165, 1.54) is 6.08 Å². The number of hydrogen-bond donors (Lipinski definition) is 1. The first-order valence-electron chi connectivity index (χ1n) is 10.9. The Bertz CT molecular complexity index is 1200. The summed E-state index contributed by atoms with van der Waals surface area (Å²) < 4.78 is 16.8. The van der Waals surface area contributed by atoms with Gasteiger partial charge in [0.25, 0.3) is 11.8 Å². The molecule has 1 aliphatic heterocycles. The van der Waals surface area contributed by atoms with E-state index in [-0.39, 0.29) is 18.8 Å². The highest BCUT2D eigenvalue weighted by molar-refractivity contribution is 14.1. The van der Waals surface area contributed by atoms with Gasteiger partial charge < -0.3 is 14.2 Å². The van der Waals surface area contributed by atoms with Gasteiger partial charge in [0.05, 0.1) is 22.5 Å². The van der Waals surface area contributed by atoms with Gasteiger partial charge >= 0.3 is 12.0 Å². The summed E-state index contributed by atoms with van der Waals surface area (Å²) in [5.41, 5.74) is 2.39. The Morgan fingerprint density at radius 3 is 2.31 bits per heavy atom. The molecule has 184 valence electrons. The maximum absolute atomic E-state index is 13.2. The third kappa shape index (κ3) is 6.18. The summed E-state index contributed by atoms with van der Waals surface area (Å²) in [4.78, 5) is 51.0. The molecule has 1 N–H and O–H groups in total. The number of nitrogens with zero attached hydrogens (tertiary/aromatic N) is 1. The van der Waals surface area contributed by atoms with Gasteiger partial charge in [-0.1, -0.05) is 6.07 Å². The summed E-state index contributed by atoms with van der Waals surface area (Å²) in [6.45, 7) is 7.47. The number of imide groups is 2. The molecule has 0 unspecified atom stereocenters. The number of amides is 4. The van der Waals surface area contributed by atoms with Crippen LogP contribution >= 0.6 is 22.6 Å². The van der Waals surface area contributed by atoms with Gasteiger partial charge in [0.2, 0.25) is 0 Å². The first-order chi connectivity index (χ1) is 16.6. The first-order valence-corrected chi connectivity index (χ1v) is 12.0. The topological polar surface area (TPSA) is 111 Å². The Kier molecular flexibility index (Phi) is 8.49. The normalized spacial score (nSPS) is 14.7. The second-order valence-corrected chi connectivity index (χ2v) is 8.82. The lowest BCUT2D eigenvalue weighted by Crippen LogP contribution is -2.54. The number of nitrogens with one attached hydrogen (secondary N) is 1. The zero-order chi connectivity index (χ0) is 25.7. The zero-order valence-electron chi connectivity index (χ0n) is 19.8. The number of aryl methyl sites for hydroxylation is 2. The standard InChI is InChI=1S/C25H25IN2O7/c1-5-33-20-12-16(11-19(26)22(20)35-13-21(29)34-6-2)10-18-23(30)27-25(32)28(24(18)31)17-8-14(3)7-15(4)9-17/h7-12H,5-6,13H2,1-4H3,(H,27,30,32)/b18-10+. The minimum absolute atomic E-state index is 0.206. The summed E-state index contributed by atoms with van der Waals surface area (Å²) in [6, 6.07) is 7.77. The van der Waals surface area contributed by atoms with Crippen molar-refractivity contribution in [1.29, 1.82) is 0 Å². The third-order valence-electron chi connectivity index (χ3n) is 4.85. The van der Waals surface area contributed by atoms with E-state index in [4.69, 9.17) is 14.2 Å². The molecule has 1 saturated heterocycles. The smallest absolute Gasteiger partial charge is 0.344 e. The molecule has 0 bridgehead atoms. The number of anilines is 1. The fourth-order valence-corrected chi connectivity index (χ4v) is 4.33. The molecule has 10 heteroatoms. The van der Waals surface area contributed by atoms with E-state index in [1.54, 1.807) is 38.1 Å². The molecule has 2 aromatic rings. The summed E-state index contributed by atoms with van der Waals surface area (Å²) in [7, 11) is 0. The quantitative estimate of drug-likeness (QED) is 0.214. The fraction of sp³-hybridized carbons (Fsp3) is 0.280. The summed E-state index contributed by atoms with van der Waals surface area (Å²) >= 11 is 2.01. The van der Waals surface area contributed by atoms with Crippen molar-refractivity contribution >= 4 is 58.2 Å². The molecule has 0 atom stereocenters. The monoisotopic (exact) mass is 592 g/mol. The van der Waals surface area contributed by atoms with Crippen LogP contribution in [0.5, 0.6) is 11.5 Å². The third-order valence-corrected chi connectivity index (χ3v) is 5.65. The minimum Gasteiger partial charge on any atom is -0.490 e. The number of carbonyl (C=O) groups excluding carboxylic acids is 4. The van der Waals surface area contributed by atoms with E-state index in [2.05, 4.69) is 5.32 Å². The van der Waals surface area contributed by atoms with Crippen molar-refractivity contribution in [2.24, 2.45) is 0 Å². The molecule has 2 aromatic carbocycles. The predicted molar refractivity (Wildman–Crippen MR) is 137 cm³/mol. The van der Waals surface area contributed by atoms with Gasteiger partial charge in [0.1, 0.15) is 5.57 Å². The second-order valence-electron chi connectivity index (χ2n) is 7.66. The lowest BCUT2D eigenvalue weighted by Gasteiger charge is -2.27. The van der Waals surface area contributed by atoms with Crippen LogP contribution in [-0.4, -0.2) is 43.6 Å². The van der Waals surface area contributed by atoms with Gasteiger partial charge in [0, 0.05) is 0 Å². The molecule has 9 nitrogen and oxygen atoms in total. The van der Waals surface area contributed by atoms with Crippen LogP contribution in [0.2, 0.25) is 0 Å². The Labute approximate surface area is 216 Å². The van der Waals surface area contributed by atoms with Gasteiger partial charge in [-0.05, 0) is 97.3 Å². The van der Waals surface area contributed by atoms with Crippen LogP contribution in [-0.2, 0) is 19.1 Å². The molecule has 4 amide bonds. The average molecular weight is 592 g/mol.